The van der Waals surface area contributed by atoms with E-state index in [9.17, 15) is 17.6 Å². The summed E-state index contributed by atoms with van der Waals surface area (Å²) in [5, 5.41) is 0. The van der Waals surface area contributed by atoms with Gasteiger partial charge in [-0.2, -0.15) is 4.39 Å². The lowest BCUT2D eigenvalue weighted by Gasteiger charge is -2.31. The van der Waals surface area contributed by atoms with Gasteiger partial charge in [-0.1, -0.05) is 50.8 Å². The topological polar surface area (TPSA) is 9.23 Å². The van der Waals surface area contributed by atoms with E-state index < -0.39 is 29.9 Å². The van der Waals surface area contributed by atoms with Crippen molar-refractivity contribution >= 4 is 0 Å². The normalized spacial score (nSPS) is 26.2. The minimum absolute atomic E-state index is 0.0224. The van der Waals surface area contributed by atoms with E-state index in [0.717, 1.165) is 70.6 Å². The van der Waals surface area contributed by atoms with Crippen molar-refractivity contribution in [3.8, 4) is 5.75 Å². The number of rotatable bonds is 11. The molecule has 5 heteroatoms. The predicted molar refractivity (Wildman–Crippen MR) is 131 cm³/mol. The van der Waals surface area contributed by atoms with Crippen molar-refractivity contribution in [1.29, 1.82) is 0 Å². The molecule has 0 N–H and O–H groups in total. The van der Waals surface area contributed by atoms with Crippen LogP contribution in [0.2, 0.25) is 0 Å². The van der Waals surface area contributed by atoms with Crippen LogP contribution in [0.15, 0.2) is 24.3 Å². The van der Waals surface area contributed by atoms with Gasteiger partial charge in [0.05, 0.1) is 0 Å². The van der Waals surface area contributed by atoms with Crippen molar-refractivity contribution in [3.05, 3.63) is 41.5 Å². The molecule has 0 unspecified atom stereocenters. The van der Waals surface area contributed by atoms with Crippen molar-refractivity contribution < 1.29 is 22.3 Å². The molecule has 2 aliphatic carbocycles. The molecule has 0 bridgehead atoms. The number of hydrogen-bond donors (Lipinski definition) is 0. The van der Waals surface area contributed by atoms with Crippen LogP contribution in [0.4, 0.5) is 17.6 Å². The second-order valence-electron chi connectivity index (χ2n) is 10.7. The van der Waals surface area contributed by atoms with Gasteiger partial charge in [0.25, 0.3) is 5.92 Å². The fraction of sp³-hybridized carbons (Fsp3) is 0.724. The van der Waals surface area contributed by atoms with Crippen molar-refractivity contribution in [1.82, 2.24) is 0 Å². The van der Waals surface area contributed by atoms with Crippen LogP contribution in [0.5, 0.6) is 5.75 Å². The zero-order valence-electron chi connectivity index (χ0n) is 20.9. The van der Waals surface area contributed by atoms with E-state index in [1.54, 1.807) is 0 Å². The van der Waals surface area contributed by atoms with Crippen molar-refractivity contribution in [3.63, 3.8) is 0 Å². The fourth-order valence-electron chi connectivity index (χ4n) is 6.03. The Labute approximate surface area is 203 Å². The number of allylic oxidation sites excluding steroid dienone is 2. The second-order valence-corrected chi connectivity index (χ2v) is 10.7. The van der Waals surface area contributed by atoms with Crippen LogP contribution in [-0.4, -0.2) is 12.5 Å². The monoisotopic (exact) mass is 482 g/mol. The highest BCUT2D eigenvalue weighted by atomic mass is 19.3. The third kappa shape index (κ3) is 7.75. The molecule has 3 rings (SSSR count). The van der Waals surface area contributed by atoms with E-state index in [4.69, 9.17) is 4.74 Å². The molecule has 0 aliphatic heterocycles. The van der Waals surface area contributed by atoms with Crippen LogP contribution in [-0.2, 0) is 0 Å². The summed E-state index contributed by atoms with van der Waals surface area (Å²) in [6, 6.07) is 2.86. The molecule has 2 saturated carbocycles. The maximum atomic E-state index is 14.8. The van der Waals surface area contributed by atoms with Gasteiger partial charge in [0.1, 0.15) is 0 Å². The summed E-state index contributed by atoms with van der Waals surface area (Å²) in [7, 11) is 0. The summed E-state index contributed by atoms with van der Waals surface area (Å²) >= 11 is 0. The Morgan fingerprint density at radius 3 is 2.15 bits per heavy atom. The fourth-order valence-corrected chi connectivity index (χ4v) is 6.03. The van der Waals surface area contributed by atoms with Gasteiger partial charge in [-0.05, 0) is 93.6 Å². The Kier molecular flexibility index (Phi) is 10.3. The van der Waals surface area contributed by atoms with Gasteiger partial charge < -0.3 is 4.74 Å². The molecular formula is C29H42F4O. The first-order chi connectivity index (χ1) is 16.3. The van der Waals surface area contributed by atoms with Gasteiger partial charge in [0, 0.05) is 6.42 Å². The molecule has 0 amide bonds. The average molecular weight is 483 g/mol. The Morgan fingerprint density at radius 2 is 1.50 bits per heavy atom. The van der Waals surface area contributed by atoms with Crippen LogP contribution < -0.4 is 4.74 Å². The van der Waals surface area contributed by atoms with Gasteiger partial charge in [0.2, 0.25) is 5.82 Å². The zero-order chi connectivity index (χ0) is 24.6. The van der Waals surface area contributed by atoms with Crippen molar-refractivity contribution in [2.24, 2.45) is 17.8 Å². The zero-order valence-corrected chi connectivity index (χ0v) is 20.9. The number of alkyl halides is 2. The SMILES string of the molecule is C/C=C/CCC1CCC(c2ccc(OCC(F)(F)CC3CCC(CCC)CC3)c(F)c2F)CC1. The molecule has 1 nitrogen and oxygen atoms in total. The first-order valence-corrected chi connectivity index (χ1v) is 13.4. The lowest BCUT2D eigenvalue weighted by Crippen LogP contribution is -2.30. The van der Waals surface area contributed by atoms with Gasteiger partial charge >= 0.3 is 0 Å². The van der Waals surface area contributed by atoms with E-state index in [1.165, 1.54) is 18.6 Å². The van der Waals surface area contributed by atoms with Crippen molar-refractivity contribution in [2.45, 2.75) is 109 Å². The Bertz CT molecular complexity index is 775. The minimum atomic E-state index is -3.05. The molecule has 34 heavy (non-hydrogen) atoms. The Balaban J connectivity index is 1.50. The molecule has 0 atom stereocenters. The van der Waals surface area contributed by atoms with E-state index in [1.807, 2.05) is 6.92 Å². The highest BCUT2D eigenvalue weighted by molar-refractivity contribution is 5.33. The summed E-state index contributed by atoms with van der Waals surface area (Å²) in [5.74, 6) is -4.28. The summed E-state index contributed by atoms with van der Waals surface area (Å²) in [5.41, 5.74) is 0.354. The van der Waals surface area contributed by atoms with Crippen molar-refractivity contribution in [2.75, 3.05) is 6.61 Å². The summed E-state index contributed by atoms with van der Waals surface area (Å²) in [4.78, 5) is 0. The maximum Gasteiger partial charge on any atom is 0.281 e. The minimum Gasteiger partial charge on any atom is -0.484 e. The van der Waals surface area contributed by atoms with E-state index >= 15 is 0 Å². The van der Waals surface area contributed by atoms with Crippen LogP contribution >= 0.6 is 0 Å². The number of halogens is 4. The smallest absolute Gasteiger partial charge is 0.281 e. The molecule has 0 saturated heterocycles. The number of ether oxygens (including phenoxy) is 1. The predicted octanol–water partition coefficient (Wildman–Crippen LogP) is 9.61. The number of hydrogen-bond acceptors (Lipinski definition) is 1. The lowest BCUT2D eigenvalue weighted by atomic mass is 9.77. The molecule has 0 aromatic heterocycles. The van der Waals surface area contributed by atoms with Crippen LogP contribution in [0, 0.1) is 29.4 Å². The molecule has 0 radical (unpaired) electrons. The van der Waals surface area contributed by atoms with Gasteiger partial charge in [-0.15, -0.1) is 0 Å². The lowest BCUT2D eigenvalue weighted by molar-refractivity contribution is -0.0650. The molecule has 1 aromatic rings. The Morgan fingerprint density at radius 1 is 0.882 bits per heavy atom. The van der Waals surface area contributed by atoms with E-state index in [-0.39, 0.29) is 18.3 Å². The second kappa shape index (κ2) is 13.0. The van der Waals surface area contributed by atoms with Crippen LogP contribution in [0.1, 0.15) is 109 Å². The first-order valence-electron chi connectivity index (χ1n) is 13.4. The quantitative estimate of drug-likeness (QED) is 0.225. The maximum absolute atomic E-state index is 14.8. The molecule has 2 aliphatic rings. The number of benzene rings is 1. The summed E-state index contributed by atoms with van der Waals surface area (Å²) in [6.45, 7) is 3.26. The van der Waals surface area contributed by atoms with Crippen LogP contribution in [0.3, 0.4) is 0 Å². The average Bonchev–Trinajstić information content (AvgIpc) is 2.82. The highest BCUT2D eigenvalue weighted by Crippen LogP contribution is 2.41. The standard InChI is InChI=1S/C29H42F4O/c1-3-5-6-8-22-13-15-24(16-14-22)25-17-18-26(28(31)27(25)30)34-20-29(32,33)19-23-11-9-21(7-4-2)10-12-23/h3,5,17-18,21-24H,4,6-16,19-20H2,1-2H3/b5-3+. The third-order valence-corrected chi connectivity index (χ3v) is 8.03. The molecule has 2 fully saturated rings. The van der Waals surface area contributed by atoms with E-state index in [2.05, 4.69) is 19.1 Å². The molecule has 192 valence electrons. The largest absolute Gasteiger partial charge is 0.484 e. The molecule has 1 aromatic carbocycles. The van der Waals surface area contributed by atoms with E-state index in [0.29, 0.717) is 17.4 Å². The Hall–Kier alpha value is -1.52. The third-order valence-electron chi connectivity index (χ3n) is 8.03. The van der Waals surface area contributed by atoms with Gasteiger partial charge in [0.15, 0.2) is 18.2 Å². The molecule has 0 spiro atoms. The van der Waals surface area contributed by atoms with Gasteiger partial charge in [-0.25, -0.2) is 13.2 Å². The van der Waals surface area contributed by atoms with Crippen LogP contribution in [0.25, 0.3) is 0 Å². The highest BCUT2D eigenvalue weighted by Gasteiger charge is 2.36. The molecular weight excluding hydrogens is 440 g/mol. The van der Waals surface area contributed by atoms with Gasteiger partial charge in [-0.3, -0.25) is 0 Å². The molecule has 0 heterocycles. The summed E-state index contributed by atoms with van der Waals surface area (Å²) in [6.07, 6.45) is 15.8. The first kappa shape index (κ1) is 27.1. The summed E-state index contributed by atoms with van der Waals surface area (Å²) < 4.78 is 63.7.